The van der Waals surface area contributed by atoms with Crippen LogP contribution in [0.4, 0.5) is 0 Å². The van der Waals surface area contributed by atoms with Gasteiger partial charge >= 0.3 is 0 Å². The smallest absolute Gasteiger partial charge is 0.209 e. The monoisotopic (exact) mass is 434 g/mol. The van der Waals surface area contributed by atoms with Crippen molar-refractivity contribution in [1.29, 1.82) is 0 Å². The molecule has 1 aliphatic rings. The van der Waals surface area contributed by atoms with Crippen LogP contribution in [0.3, 0.4) is 0 Å². The van der Waals surface area contributed by atoms with Gasteiger partial charge in [0.1, 0.15) is 17.1 Å². The Morgan fingerprint density at radius 2 is 1.35 bits per heavy atom. The number of aliphatic hydroxyl groups is 3. The van der Waals surface area contributed by atoms with E-state index >= 15 is 0 Å². The molecule has 0 spiro atoms. The zero-order valence-corrected chi connectivity index (χ0v) is 19.7. The number of carbonyl (C=O) groups excluding carboxylic acids is 2. The average Bonchev–Trinajstić information content (AvgIpc) is 2.74. The minimum atomic E-state index is -2.16. The lowest BCUT2D eigenvalue weighted by molar-refractivity contribution is -0.133. The van der Waals surface area contributed by atoms with Crippen molar-refractivity contribution in [2.24, 2.45) is 0 Å². The first kappa shape index (κ1) is 27.2. The Morgan fingerprint density at radius 1 is 0.871 bits per heavy atom. The molecule has 31 heavy (non-hydrogen) atoms. The van der Waals surface area contributed by atoms with E-state index in [4.69, 9.17) is 0 Å². The van der Waals surface area contributed by atoms with Gasteiger partial charge in [0.15, 0.2) is 11.4 Å². The second kappa shape index (κ2) is 14.2. The molecule has 0 saturated carbocycles. The van der Waals surface area contributed by atoms with Crippen LogP contribution in [0, 0.1) is 0 Å². The van der Waals surface area contributed by atoms with Crippen LogP contribution in [-0.4, -0.2) is 32.5 Å². The van der Waals surface area contributed by atoms with Crippen molar-refractivity contribution in [3.63, 3.8) is 0 Å². The van der Waals surface area contributed by atoms with E-state index in [1.54, 1.807) is 0 Å². The SMILES string of the molecule is CCCC/C=C\CCCCCCCCCCCC(=O)C1=C(O)C(C)=C(O)[C@@](C)(O)C1=O. The van der Waals surface area contributed by atoms with Gasteiger partial charge in [-0.3, -0.25) is 9.59 Å². The molecule has 0 unspecified atom stereocenters. The Hall–Kier alpha value is -1.88. The van der Waals surface area contributed by atoms with Crippen LogP contribution >= 0.6 is 0 Å². The van der Waals surface area contributed by atoms with Crippen LogP contribution < -0.4 is 0 Å². The minimum Gasteiger partial charge on any atom is -0.508 e. The molecular weight excluding hydrogens is 392 g/mol. The standard InChI is InChI=1S/C26H42O5/c1-4-5-6-7-8-9-10-11-12-13-14-15-16-17-18-19-21(27)22-23(28)20(2)24(29)26(3,31)25(22)30/h7-8,28-29,31H,4-6,9-19H2,1-3H3/b8-7-/t26-/m1/s1. The van der Waals surface area contributed by atoms with Crippen molar-refractivity contribution in [3.8, 4) is 0 Å². The van der Waals surface area contributed by atoms with E-state index in [2.05, 4.69) is 19.1 Å². The summed E-state index contributed by atoms with van der Waals surface area (Å²) in [6.45, 7) is 4.73. The Kier molecular flexibility index (Phi) is 12.5. The van der Waals surface area contributed by atoms with E-state index < -0.39 is 28.7 Å². The van der Waals surface area contributed by atoms with Crippen molar-refractivity contribution >= 4 is 11.6 Å². The Bertz CT molecular complexity index is 682. The van der Waals surface area contributed by atoms with Crippen LogP contribution in [0.15, 0.2) is 34.8 Å². The molecule has 0 saturated heterocycles. The van der Waals surface area contributed by atoms with Gasteiger partial charge in [-0.05, 0) is 39.5 Å². The van der Waals surface area contributed by atoms with Crippen LogP contribution in [0.5, 0.6) is 0 Å². The van der Waals surface area contributed by atoms with E-state index in [-0.39, 0.29) is 17.6 Å². The molecule has 5 nitrogen and oxygen atoms in total. The number of hydrogen-bond donors (Lipinski definition) is 3. The van der Waals surface area contributed by atoms with E-state index in [1.807, 2.05) is 0 Å². The molecule has 0 aromatic carbocycles. The second-order valence-electron chi connectivity index (χ2n) is 8.86. The Balaban J connectivity index is 2.15. The lowest BCUT2D eigenvalue weighted by Crippen LogP contribution is -2.44. The summed E-state index contributed by atoms with van der Waals surface area (Å²) < 4.78 is 0. The number of carbonyl (C=O) groups is 2. The number of unbranched alkanes of at least 4 members (excludes halogenated alkanes) is 11. The third-order valence-electron chi connectivity index (χ3n) is 6.02. The highest BCUT2D eigenvalue weighted by Gasteiger charge is 2.45. The molecule has 0 radical (unpaired) electrons. The fourth-order valence-corrected chi connectivity index (χ4v) is 3.85. The zero-order chi connectivity index (χ0) is 23.3. The van der Waals surface area contributed by atoms with Crippen molar-refractivity contribution in [1.82, 2.24) is 0 Å². The maximum atomic E-state index is 12.4. The normalized spacial score (nSPS) is 19.7. The van der Waals surface area contributed by atoms with E-state index in [9.17, 15) is 24.9 Å². The van der Waals surface area contributed by atoms with Crippen LogP contribution in [0.25, 0.3) is 0 Å². The van der Waals surface area contributed by atoms with Crippen molar-refractivity contribution in [3.05, 3.63) is 34.8 Å². The Morgan fingerprint density at radius 3 is 1.90 bits per heavy atom. The number of aliphatic hydroxyl groups excluding tert-OH is 2. The summed E-state index contributed by atoms with van der Waals surface area (Å²) in [5.74, 6) is -2.53. The molecule has 5 heteroatoms. The van der Waals surface area contributed by atoms with Gasteiger partial charge in [0.05, 0.1) is 0 Å². The lowest BCUT2D eigenvalue weighted by Gasteiger charge is -2.28. The summed E-state index contributed by atoms with van der Waals surface area (Å²) in [4.78, 5) is 24.8. The van der Waals surface area contributed by atoms with Gasteiger partial charge < -0.3 is 15.3 Å². The predicted molar refractivity (Wildman–Crippen MR) is 125 cm³/mol. The molecule has 0 amide bonds. The van der Waals surface area contributed by atoms with Crippen LogP contribution in [-0.2, 0) is 9.59 Å². The first-order valence-corrected chi connectivity index (χ1v) is 12.0. The zero-order valence-electron chi connectivity index (χ0n) is 19.7. The molecule has 1 atom stereocenters. The summed E-state index contributed by atoms with van der Waals surface area (Å²) in [5, 5.41) is 30.1. The molecule has 176 valence electrons. The highest BCUT2D eigenvalue weighted by Crippen LogP contribution is 2.33. The topological polar surface area (TPSA) is 94.8 Å². The molecular formula is C26H42O5. The molecule has 3 N–H and O–H groups in total. The van der Waals surface area contributed by atoms with E-state index in [0.29, 0.717) is 6.42 Å². The van der Waals surface area contributed by atoms with Gasteiger partial charge in [-0.25, -0.2) is 0 Å². The first-order valence-electron chi connectivity index (χ1n) is 12.0. The lowest BCUT2D eigenvalue weighted by atomic mass is 9.81. The molecule has 0 aromatic heterocycles. The van der Waals surface area contributed by atoms with Crippen LogP contribution in [0.1, 0.15) is 111 Å². The number of Topliss-reactive ketones (excluding diaryl/α,β-unsaturated/α-hetero) is 2. The molecule has 1 rings (SSSR count). The average molecular weight is 435 g/mol. The number of allylic oxidation sites excluding steroid dienone is 3. The largest absolute Gasteiger partial charge is 0.508 e. The first-order chi connectivity index (χ1) is 14.7. The van der Waals surface area contributed by atoms with E-state index in [1.165, 1.54) is 64.7 Å². The summed E-state index contributed by atoms with van der Waals surface area (Å²) >= 11 is 0. The summed E-state index contributed by atoms with van der Waals surface area (Å²) in [5.41, 5.74) is -2.58. The third kappa shape index (κ3) is 8.64. The second-order valence-corrected chi connectivity index (χ2v) is 8.86. The molecule has 0 aliphatic heterocycles. The number of ketones is 2. The summed E-state index contributed by atoms with van der Waals surface area (Å²) in [7, 11) is 0. The Labute approximate surface area is 187 Å². The summed E-state index contributed by atoms with van der Waals surface area (Å²) in [6.07, 6.45) is 19.7. The van der Waals surface area contributed by atoms with Gasteiger partial charge in [-0.2, -0.15) is 0 Å². The van der Waals surface area contributed by atoms with Crippen LogP contribution in [0.2, 0.25) is 0 Å². The third-order valence-corrected chi connectivity index (χ3v) is 6.02. The fraction of sp³-hybridized carbons (Fsp3) is 0.692. The van der Waals surface area contributed by atoms with Gasteiger partial charge in [0.25, 0.3) is 0 Å². The van der Waals surface area contributed by atoms with Gasteiger partial charge in [-0.1, -0.05) is 76.9 Å². The molecule has 0 fully saturated rings. The van der Waals surface area contributed by atoms with Crippen molar-refractivity contribution in [2.75, 3.05) is 0 Å². The molecule has 0 bridgehead atoms. The maximum Gasteiger partial charge on any atom is 0.209 e. The number of rotatable bonds is 16. The molecule has 1 aliphatic carbocycles. The minimum absolute atomic E-state index is 0.0273. The van der Waals surface area contributed by atoms with Gasteiger partial charge in [0, 0.05) is 12.0 Å². The van der Waals surface area contributed by atoms with Gasteiger partial charge in [0.2, 0.25) is 5.78 Å². The predicted octanol–water partition coefficient (Wildman–Crippen LogP) is 6.57. The highest BCUT2D eigenvalue weighted by molar-refractivity contribution is 6.25. The van der Waals surface area contributed by atoms with Crippen molar-refractivity contribution < 1.29 is 24.9 Å². The van der Waals surface area contributed by atoms with E-state index in [0.717, 1.165) is 26.2 Å². The molecule has 0 aromatic rings. The van der Waals surface area contributed by atoms with Crippen molar-refractivity contribution in [2.45, 2.75) is 116 Å². The number of hydrogen-bond acceptors (Lipinski definition) is 5. The quantitative estimate of drug-likeness (QED) is 0.145. The fourth-order valence-electron chi connectivity index (χ4n) is 3.85. The maximum absolute atomic E-state index is 12.4. The summed E-state index contributed by atoms with van der Waals surface area (Å²) in [6, 6.07) is 0. The molecule has 0 heterocycles. The van der Waals surface area contributed by atoms with Gasteiger partial charge in [-0.15, -0.1) is 0 Å². The highest BCUT2D eigenvalue weighted by atomic mass is 16.3.